The number of alkyl halides is 3. The van der Waals surface area contributed by atoms with Crippen molar-refractivity contribution in [3.05, 3.63) is 57.6 Å². The summed E-state index contributed by atoms with van der Waals surface area (Å²) in [4.78, 5) is 0. The van der Waals surface area contributed by atoms with Gasteiger partial charge in [-0.05, 0) is 40.8 Å². The van der Waals surface area contributed by atoms with Gasteiger partial charge in [-0.3, -0.25) is 0 Å². The van der Waals surface area contributed by atoms with E-state index in [4.69, 9.17) is 5.14 Å². The summed E-state index contributed by atoms with van der Waals surface area (Å²) in [5, 5.41) is 5.18. The average Bonchev–Trinajstić information content (AvgIpc) is 2.52. The van der Waals surface area contributed by atoms with Crippen LogP contribution in [0.5, 0.6) is 0 Å². The third kappa shape index (κ3) is 3.74. The van der Waals surface area contributed by atoms with Crippen LogP contribution in [-0.2, 0) is 29.4 Å². The van der Waals surface area contributed by atoms with E-state index in [1.54, 1.807) is 12.1 Å². The van der Waals surface area contributed by atoms with Crippen molar-refractivity contribution in [1.82, 2.24) is 4.31 Å². The lowest BCUT2D eigenvalue weighted by molar-refractivity contribution is -0.137. The SMILES string of the molecule is NS(=O)(=O)N1CCc2c(cccc2-c2ccc(C(F)(F)F)cc2Br)C1. The summed E-state index contributed by atoms with van der Waals surface area (Å²) in [5.41, 5.74) is 2.40. The van der Waals surface area contributed by atoms with Crippen molar-refractivity contribution in [2.24, 2.45) is 5.14 Å². The topological polar surface area (TPSA) is 63.4 Å². The quantitative estimate of drug-likeness (QED) is 0.782. The number of rotatable bonds is 2. The van der Waals surface area contributed by atoms with Crippen molar-refractivity contribution in [2.45, 2.75) is 19.1 Å². The minimum Gasteiger partial charge on any atom is -0.216 e. The summed E-state index contributed by atoms with van der Waals surface area (Å²) in [5.74, 6) is 0. The highest BCUT2D eigenvalue weighted by Crippen LogP contribution is 2.38. The van der Waals surface area contributed by atoms with Gasteiger partial charge in [0, 0.05) is 17.6 Å². The Labute approximate surface area is 151 Å². The van der Waals surface area contributed by atoms with Crippen molar-refractivity contribution in [1.29, 1.82) is 0 Å². The molecule has 0 radical (unpaired) electrons. The van der Waals surface area contributed by atoms with Crippen LogP contribution < -0.4 is 5.14 Å². The van der Waals surface area contributed by atoms with E-state index in [-0.39, 0.29) is 13.1 Å². The molecule has 4 nitrogen and oxygen atoms in total. The van der Waals surface area contributed by atoms with Crippen LogP contribution in [0, 0.1) is 0 Å². The van der Waals surface area contributed by atoms with Crippen molar-refractivity contribution in [2.75, 3.05) is 6.54 Å². The molecule has 1 aliphatic rings. The Hall–Kier alpha value is -1.42. The molecule has 134 valence electrons. The molecule has 2 aromatic rings. The lowest BCUT2D eigenvalue weighted by atomic mass is 9.91. The Kier molecular flexibility index (Phi) is 4.69. The van der Waals surface area contributed by atoms with Crippen LogP contribution in [0.4, 0.5) is 13.2 Å². The second kappa shape index (κ2) is 6.39. The van der Waals surface area contributed by atoms with Crippen LogP contribution >= 0.6 is 15.9 Å². The lowest BCUT2D eigenvalue weighted by Crippen LogP contribution is -2.40. The van der Waals surface area contributed by atoms with Gasteiger partial charge in [0.05, 0.1) is 5.56 Å². The zero-order valence-corrected chi connectivity index (χ0v) is 15.2. The average molecular weight is 435 g/mol. The van der Waals surface area contributed by atoms with E-state index in [1.807, 2.05) is 6.07 Å². The van der Waals surface area contributed by atoms with Crippen molar-refractivity contribution in [3.8, 4) is 11.1 Å². The van der Waals surface area contributed by atoms with Gasteiger partial charge in [0.1, 0.15) is 0 Å². The molecule has 1 heterocycles. The van der Waals surface area contributed by atoms with Gasteiger partial charge in [-0.2, -0.15) is 25.9 Å². The first kappa shape index (κ1) is 18.4. The number of fused-ring (bicyclic) bond motifs is 1. The molecule has 0 spiro atoms. The van der Waals surface area contributed by atoms with Crippen molar-refractivity contribution >= 4 is 26.1 Å². The van der Waals surface area contributed by atoms with Crippen LogP contribution in [0.1, 0.15) is 16.7 Å². The fraction of sp³-hybridized carbons (Fsp3) is 0.250. The molecule has 0 saturated carbocycles. The zero-order chi connectivity index (χ0) is 18.4. The molecule has 0 amide bonds. The van der Waals surface area contributed by atoms with Crippen LogP contribution in [0.15, 0.2) is 40.9 Å². The predicted molar refractivity (Wildman–Crippen MR) is 91.8 cm³/mol. The molecule has 0 atom stereocenters. The van der Waals surface area contributed by atoms with E-state index in [1.165, 1.54) is 10.4 Å². The molecule has 3 rings (SSSR count). The highest BCUT2D eigenvalue weighted by Gasteiger charge is 2.31. The van der Waals surface area contributed by atoms with Crippen LogP contribution in [0.3, 0.4) is 0 Å². The van der Waals surface area contributed by atoms with E-state index in [2.05, 4.69) is 15.9 Å². The van der Waals surface area contributed by atoms with Crippen molar-refractivity contribution in [3.63, 3.8) is 0 Å². The molecule has 25 heavy (non-hydrogen) atoms. The first-order valence-electron chi connectivity index (χ1n) is 7.33. The van der Waals surface area contributed by atoms with E-state index >= 15 is 0 Å². The van der Waals surface area contributed by atoms with E-state index in [0.717, 1.165) is 28.8 Å². The molecule has 2 aromatic carbocycles. The van der Waals surface area contributed by atoms with Gasteiger partial charge in [0.25, 0.3) is 10.2 Å². The minimum atomic E-state index is -4.41. The van der Waals surface area contributed by atoms with Gasteiger partial charge in [0.2, 0.25) is 0 Å². The minimum absolute atomic E-state index is 0.153. The number of hydrogen-bond donors (Lipinski definition) is 1. The molecular formula is C16H14BrF3N2O2S. The predicted octanol–water partition coefficient (Wildman–Crippen LogP) is 3.70. The molecule has 0 fully saturated rings. The largest absolute Gasteiger partial charge is 0.416 e. The summed E-state index contributed by atoms with van der Waals surface area (Å²) in [6.07, 6.45) is -3.97. The highest BCUT2D eigenvalue weighted by atomic mass is 79.9. The maximum absolute atomic E-state index is 12.8. The number of benzene rings is 2. The summed E-state index contributed by atoms with van der Waals surface area (Å²) >= 11 is 3.22. The van der Waals surface area contributed by atoms with Gasteiger partial charge in [-0.15, -0.1) is 0 Å². The lowest BCUT2D eigenvalue weighted by Gasteiger charge is -2.28. The maximum Gasteiger partial charge on any atom is 0.416 e. The summed E-state index contributed by atoms with van der Waals surface area (Å²) in [6.45, 7) is 0.390. The first-order chi connectivity index (χ1) is 11.6. The van der Waals surface area contributed by atoms with Crippen molar-refractivity contribution < 1.29 is 21.6 Å². The number of halogens is 4. The monoisotopic (exact) mass is 434 g/mol. The molecule has 0 unspecified atom stereocenters. The Morgan fingerprint density at radius 3 is 2.44 bits per heavy atom. The molecule has 1 aliphatic heterocycles. The molecule has 2 N–H and O–H groups in total. The highest BCUT2D eigenvalue weighted by molar-refractivity contribution is 9.10. The van der Waals surface area contributed by atoms with E-state index in [9.17, 15) is 21.6 Å². The number of nitrogens with two attached hydrogens (primary N) is 1. The molecule has 0 aliphatic carbocycles. The molecule has 0 bridgehead atoms. The van der Waals surface area contributed by atoms with E-state index < -0.39 is 21.9 Å². The number of nitrogens with zero attached hydrogens (tertiary/aromatic N) is 1. The molecule has 0 saturated heterocycles. The third-order valence-corrected chi connectivity index (χ3v) is 5.86. The Morgan fingerprint density at radius 1 is 1.12 bits per heavy atom. The molecule has 9 heteroatoms. The third-order valence-electron chi connectivity index (χ3n) is 4.18. The van der Waals surface area contributed by atoms with E-state index in [0.29, 0.717) is 16.5 Å². The second-order valence-corrected chi connectivity index (χ2v) is 8.16. The van der Waals surface area contributed by atoms with Gasteiger partial charge in [-0.25, -0.2) is 5.14 Å². The molecular weight excluding hydrogens is 421 g/mol. The molecule has 0 aromatic heterocycles. The van der Waals surface area contributed by atoms with Crippen LogP contribution in [-0.4, -0.2) is 19.3 Å². The zero-order valence-electron chi connectivity index (χ0n) is 12.8. The number of hydrogen-bond acceptors (Lipinski definition) is 2. The van der Waals surface area contributed by atoms with Gasteiger partial charge in [0.15, 0.2) is 0 Å². The van der Waals surface area contributed by atoms with Gasteiger partial charge < -0.3 is 0 Å². The summed E-state index contributed by atoms with van der Waals surface area (Å²) in [7, 11) is -3.78. The first-order valence-corrected chi connectivity index (χ1v) is 9.63. The van der Waals surface area contributed by atoms with Crippen LogP contribution in [0.2, 0.25) is 0 Å². The second-order valence-electron chi connectivity index (χ2n) is 5.76. The van der Waals surface area contributed by atoms with Crippen LogP contribution in [0.25, 0.3) is 11.1 Å². The summed E-state index contributed by atoms with van der Waals surface area (Å²) in [6, 6.07) is 8.89. The van der Waals surface area contributed by atoms with Gasteiger partial charge in [-0.1, -0.05) is 40.2 Å². The maximum atomic E-state index is 12.8. The Balaban J connectivity index is 2.04. The Morgan fingerprint density at radius 2 is 1.84 bits per heavy atom. The summed E-state index contributed by atoms with van der Waals surface area (Å²) < 4.78 is 63.1. The fourth-order valence-corrected chi connectivity index (χ4v) is 4.22. The van der Waals surface area contributed by atoms with Gasteiger partial charge >= 0.3 is 6.18 Å². The smallest absolute Gasteiger partial charge is 0.216 e. The standard InChI is InChI=1S/C16H14BrF3N2O2S/c17-15-8-11(16(18,19)20)4-5-14(15)13-3-1-2-10-9-22(25(21,23)24)7-6-12(10)13/h1-5,8H,6-7,9H2,(H2,21,23,24). The fourth-order valence-electron chi connectivity index (χ4n) is 2.96. The Bertz CT molecular complexity index is 929. The normalized spacial score (nSPS) is 15.9.